The normalized spacial score (nSPS) is 18.1. The third-order valence-electron chi connectivity index (χ3n) is 4.85. The summed E-state index contributed by atoms with van der Waals surface area (Å²) in [6, 6.07) is 15.5. The van der Waals surface area contributed by atoms with Crippen molar-refractivity contribution in [3.05, 3.63) is 58.6 Å². The van der Waals surface area contributed by atoms with E-state index in [0.717, 1.165) is 24.0 Å². The average Bonchev–Trinajstić information content (AvgIpc) is 3.10. The number of ether oxygens (including phenoxy) is 1. The molecule has 1 saturated heterocycles. The molecule has 3 rings (SSSR count). The molecule has 27 heavy (non-hydrogen) atoms. The first kappa shape index (κ1) is 20.3. The van der Waals surface area contributed by atoms with Gasteiger partial charge in [-0.15, -0.1) is 0 Å². The van der Waals surface area contributed by atoms with Gasteiger partial charge in [-0.25, -0.2) is 12.7 Å². The molecule has 1 fully saturated rings. The van der Waals surface area contributed by atoms with E-state index in [0.29, 0.717) is 18.4 Å². The van der Waals surface area contributed by atoms with Crippen LogP contribution in [0.3, 0.4) is 0 Å². The number of hydrogen-bond donors (Lipinski definition) is 0. The molecule has 0 spiro atoms. The molecule has 0 radical (unpaired) electrons. The lowest BCUT2D eigenvalue weighted by atomic mass is 10.0. The van der Waals surface area contributed by atoms with Gasteiger partial charge in [0.25, 0.3) is 0 Å². The molecule has 146 valence electrons. The van der Waals surface area contributed by atoms with Crippen LogP contribution >= 0.6 is 15.9 Å². The Morgan fingerprint density at radius 2 is 1.93 bits per heavy atom. The molecule has 5 nitrogen and oxygen atoms in total. The van der Waals surface area contributed by atoms with Gasteiger partial charge >= 0.3 is 0 Å². The molecular weight excluding hydrogens is 428 g/mol. The lowest BCUT2D eigenvalue weighted by Gasteiger charge is -2.25. The van der Waals surface area contributed by atoms with Crippen molar-refractivity contribution in [2.75, 3.05) is 33.8 Å². The van der Waals surface area contributed by atoms with E-state index >= 15 is 0 Å². The lowest BCUT2D eigenvalue weighted by Crippen LogP contribution is -2.28. The lowest BCUT2D eigenvalue weighted by molar-refractivity contribution is 0.197. The second-order valence-electron chi connectivity index (χ2n) is 6.86. The van der Waals surface area contributed by atoms with Crippen LogP contribution in [0.25, 0.3) is 0 Å². The van der Waals surface area contributed by atoms with Crippen LogP contribution in [0, 0.1) is 0 Å². The summed E-state index contributed by atoms with van der Waals surface area (Å²) < 4.78 is 32.4. The summed E-state index contributed by atoms with van der Waals surface area (Å²) in [5.74, 6) is 0.686. The first-order valence-corrected chi connectivity index (χ1v) is 11.3. The van der Waals surface area contributed by atoms with E-state index in [-0.39, 0.29) is 4.90 Å². The molecular formula is C20H25BrN2O3S. The Kier molecular flexibility index (Phi) is 6.57. The third-order valence-corrected chi connectivity index (χ3v) is 7.17. The summed E-state index contributed by atoms with van der Waals surface area (Å²) in [7, 11) is -0.352. The largest absolute Gasteiger partial charge is 0.492 e. The Labute approximate surface area is 170 Å². The molecule has 1 unspecified atom stereocenters. The van der Waals surface area contributed by atoms with Crippen LogP contribution in [0.1, 0.15) is 24.4 Å². The average molecular weight is 453 g/mol. The van der Waals surface area contributed by atoms with E-state index in [1.54, 1.807) is 24.3 Å². The van der Waals surface area contributed by atoms with Crippen molar-refractivity contribution in [1.29, 1.82) is 0 Å². The fourth-order valence-electron chi connectivity index (χ4n) is 3.38. The minimum atomic E-state index is -3.40. The highest BCUT2D eigenvalue weighted by Crippen LogP contribution is 2.32. The number of hydrogen-bond acceptors (Lipinski definition) is 4. The van der Waals surface area contributed by atoms with E-state index in [1.807, 2.05) is 6.07 Å². The molecule has 0 bridgehead atoms. The quantitative estimate of drug-likeness (QED) is 0.638. The maximum atomic E-state index is 12.1. The molecule has 2 aromatic carbocycles. The van der Waals surface area contributed by atoms with Crippen LogP contribution in [0.4, 0.5) is 0 Å². The Morgan fingerprint density at radius 3 is 2.59 bits per heavy atom. The Morgan fingerprint density at radius 1 is 1.19 bits per heavy atom. The first-order valence-electron chi connectivity index (χ1n) is 9.03. The third kappa shape index (κ3) is 4.90. The molecule has 7 heteroatoms. The highest BCUT2D eigenvalue weighted by molar-refractivity contribution is 9.10. The summed E-state index contributed by atoms with van der Waals surface area (Å²) >= 11 is 3.55. The molecule has 1 atom stereocenters. The summed E-state index contributed by atoms with van der Waals surface area (Å²) in [5.41, 5.74) is 1.33. The summed E-state index contributed by atoms with van der Waals surface area (Å²) in [4.78, 5) is 2.72. The van der Waals surface area contributed by atoms with Crippen LogP contribution < -0.4 is 4.74 Å². The molecule has 1 aliphatic rings. The van der Waals surface area contributed by atoms with Gasteiger partial charge in [0.15, 0.2) is 0 Å². The second-order valence-corrected chi connectivity index (χ2v) is 9.92. The van der Waals surface area contributed by atoms with Crippen LogP contribution in [0.5, 0.6) is 5.75 Å². The maximum absolute atomic E-state index is 12.1. The molecule has 0 aliphatic carbocycles. The zero-order chi connectivity index (χ0) is 19.4. The van der Waals surface area contributed by atoms with E-state index in [4.69, 9.17) is 4.74 Å². The van der Waals surface area contributed by atoms with Crippen LogP contribution in [-0.2, 0) is 10.0 Å². The zero-order valence-electron chi connectivity index (χ0n) is 15.6. The van der Waals surface area contributed by atoms with Gasteiger partial charge in [-0.05, 0) is 61.3 Å². The van der Waals surface area contributed by atoms with Crippen molar-refractivity contribution in [3.8, 4) is 5.75 Å². The van der Waals surface area contributed by atoms with Gasteiger partial charge in [-0.3, -0.25) is 4.90 Å². The molecule has 0 aromatic heterocycles. The fourth-order valence-corrected chi connectivity index (χ4v) is 4.70. The molecule has 0 amide bonds. The number of nitrogens with zero attached hydrogens (tertiary/aromatic N) is 2. The van der Waals surface area contributed by atoms with E-state index < -0.39 is 10.0 Å². The van der Waals surface area contributed by atoms with Gasteiger partial charge in [0.2, 0.25) is 10.0 Å². The minimum Gasteiger partial charge on any atom is -0.492 e. The van der Waals surface area contributed by atoms with Crippen LogP contribution in [-0.4, -0.2) is 51.4 Å². The van der Waals surface area contributed by atoms with Crippen molar-refractivity contribution >= 4 is 26.0 Å². The van der Waals surface area contributed by atoms with E-state index in [1.165, 1.54) is 30.4 Å². The smallest absolute Gasteiger partial charge is 0.242 e. The van der Waals surface area contributed by atoms with Gasteiger partial charge in [-0.1, -0.05) is 28.1 Å². The Balaban J connectivity index is 1.56. The van der Waals surface area contributed by atoms with Gasteiger partial charge in [0.05, 0.1) is 4.90 Å². The van der Waals surface area contributed by atoms with E-state index in [9.17, 15) is 8.42 Å². The topological polar surface area (TPSA) is 49.9 Å². The predicted octanol–water partition coefficient (Wildman–Crippen LogP) is 3.92. The van der Waals surface area contributed by atoms with Crippen molar-refractivity contribution in [3.63, 3.8) is 0 Å². The van der Waals surface area contributed by atoms with Crippen molar-refractivity contribution < 1.29 is 13.2 Å². The van der Waals surface area contributed by atoms with Gasteiger partial charge < -0.3 is 4.74 Å². The SMILES string of the molecule is CN(C)S(=O)(=O)c1ccc(OCCN2CCCC2c2cccc(Br)c2)cc1. The van der Waals surface area contributed by atoms with Gasteiger partial charge in [-0.2, -0.15) is 0 Å². The number of sulfonamides is 1. The highest BCUT2D eigenvalue weighted by Gasteiger charge is 2.25. The number of rotatable bonds is 7. The fraction of sp³-hybridized carbons (Fsp3) is 0.400. The standard InChI is InChI=1S/C20H25BrN2O3S/c1-22(2)27(24,25)19-10-8-18(9-11-19)26-14-13-23-12-4-7-20(23)16-5-3-6-17(21)15-16/h3,5-6,8-11,15,20H,4,7,12-14H2,1-2H3. The van der Waals surface area contributed by atoms with Crippen LogP contribution in [0.2, 0.25) is 0 Å². The van der Waals surface area contributed by atoms with Gasteiger partial charge in [0.1, 0.15) is 12.4 Å². The van der Waals surface area contributed by atoms with Crippen molar-refractivity contribution in [2.45, 2.75) is 23.8 Å². The molecule has 1 heterocycles. The molecule has 0 N–H and O–H groups in total. The summed E-state index contributed by atoms with van der Waals surface area (Å²) in [5, 5.41) is 0. The predicted molar refractivity (Wildman–Crippen MR) is 110 cm³/mol. The van der Waals surface area contributed by atoms with Gasteiger partial charge in [0, 0.05) is 31.2 Å². The van der Waals surface area contributed by atoms with Crippen LogP contribution in [0.15, 0.2) is 57.9 Å². The zero-order valence-corrected chi connectivity index (χ0v) is 18.0. The second kappa shape index (κ2) is 8.73. The summed E-state index contributed by atoms with van der Waals surface area (Å²) in [6.45, 7) is 2.49. The minimum absolute atomic E-state index is 0.272. The monoisotopic (exact) mass is 452 g/mol. The number of likely N-dealkylation sites (tertiary alicyclic amines) is 1. The Bertz CT molecular complexity index is 869. The Hall–Kier alpha value is -1.41. The molecule has 1 aliphatic heterocycles. The number of halogens is 1. The summed E-state index contributed by atoms with van der Waals surface area (Å²) in [6.07, 6.45) is 2.35. The van der Waals surface area contributed by atoms with Crippen molar-refractivity contribution in [2.24, 2.45) is 0 Å². The number of benzene rings is 2. The first-order chi connectivity index (χ1) is 12.9. The maximum Gasteiger partial charge on any atom is 0.242 e. The molecule has 0 saturated carbocycles. The van der Waals surface area contributed by atoms with Crippen molar-refractivity contribution in [1.82, 2.24) is 9.21 Å². The highest BCUT2D eigenvalue weighted by atomic mass is 79.9. The molecule has 2 aromatic rings. The van der Waals surface area contributed by atoms with E-state index in [2.05, 4.69) is 39.0 Å².